The lowest BCUT2D eigenvalue weighted by Crippen LogP contribution is -2.24. The second kappa shape index (κ2) is 9.08. The Labute approximate surface area is 232 Å². The summed E-state index contributed by atoms with van der Waals surface area (Å²) in [6.45, 7) is 13.5. The molecule has 0 saturated heterocycles. The Hall–Kier alpha value is -2.56. The summed E-state index contributed by atoms with van der Waals surface area (Å²) in [6, 6.07) is 30.8. The summed E-state index contributed by atoms with van der Waals surface area (Å²) >= 11 is 7.83. The molecule has 5 rings (SSSR count). The van der Waals surface area contributed by atoms with Gasteiger partial charge in [-0.2, -0.15) is 0 Å². The number of para-hydroxylation sites is 4. The summed E-state index contributed by atoms with van der Waals surface area (Å²) < 4.78 is 2.17. The molecule has 0 aliphatic carbocycles. The van der Waals surface area contributed by atoms with Crippen LogP contribution in [0.5, 0.6) is 0 Å². The molecule has 36 heavy (non-hydrogen) atoms. The Balaban J connectivity index is 1.72. The number of halogens is 2. The van der Waals surface area contributed by atoms with Crippen LogP contribution in [0.1, 0.15) is 52.7 Å². The summed E-state index contributed by atoms with van der Waals surface area (Å²) in [5.41, 5.74) is 9.62. The third kappa shape index (κ3) is 4.39. The molecule has 0 amide bonds. The summed E-state index contributed by atoms with van der Waals surface area (Å²) in [6.07, 6.45) is 0. The lowest BCUT2D eigenvalue weighted by atomic mass is 9.87. The minimum atomic E-state index is 0.0844. The first-order valence-corrected chi connectivity index (χ1v) is 13.9. The van der Waals surface area contributed by atoms with Gasteiger partial charge >= 0.3 is 0 Å². The van der Waals surface area contributed by atoms with E-state index in [1.54, 1.807) is 0 Å². The predicted octanol–water partition coefficient (Wildman–Crippen LogP) is 11.1. The lowest BCUT2D eigenvalue weighted by molar-refractivity contribution is 0.589. The van der Waals surface area contributed by atoms with Gasteiger partial charge in [0, 0.05) is 8.95 Å². The number of rotatable bonds is 2. The topological polar surface area (TPSA) is 6.48 Å². The molecular formula is C32H32Br2N2. The van der Waals surface area contributed by atoms with Crippen molar-refractivity contribution in [1.82, 2.24) is 0 Å². The van der Waals surface area contributed by atoms with E-state index in [1.165, 1.54) is 11.1 Å². The van der Waals surface area contributed by atoms with E-state index in [-0.39, 0.29) is 10.8 Å². The fourth-order valence-corrected chi connectivity index (χ4v) is 5.89. The van der Waals surface area contributed by atoms with Crippen molar-refractivity contribution in [3.8, 4) is 0 Å². The van der Waals surface area contributed by atoms with Gasteiger partial charge in [-0.3, -0.25) is 0 Å². The Morgan fingerprint density at radius 2 is 0.750 bits per heavy atom. The average Bonchev–Trinajstić information content (AvgIpc) is 2.82. The van der Waals surface area contributed by atoms with Crippen molar-refractivity contribution in [3.05, 3.63) is 105 Å². The van der Waals surface area contributed by atoms with Gasteiger partial charge in [0.25, 0.3) is 0 Å². The van der Waals surface area contributed by atoms with Crippen LogP contribution in [0.3, 0.4) is 0 Å². The Morgan fingerprint density at radius 1 is 0.444 bits per heavy atom. The van der Waals surface area contributed by atoms with Crippen molar-refractivity contribution in [2.75, 3.05) is 9.80 Å². The highest BCUT2D eigenvalue weighted by Gasteiger charge is 2.32. The first-order valence-electron chi connectivity index (χ1n) is 12.4. The van der Waals surface area contributed by atoms with Gasteiger partial charge in [-0.25, -0.2) is 0 Å². The molecule has 4 aromatic rings. The van der Waals surface area contributed by atoms with Crippen molar-refractivity contribution in [1.29, 1.82) is 0 Å². The lowest BCUT2D eigenvalue weighted by Gasteiger charge is -2.41. The van der Waals surface area contributed by atoms with E-state index >= 15 is 0 Å². The number of nitrogens with zero attached hydrogens (tertiary/aromatic N) is 2. The van der Waals surface area contributed by atoms with E-state index in [2.05, 4.69) is 168 Å². The minimum Gasteiger partial charge on any atom is -0.305 e. The molecule has 0 fully saturated rings. The first kappa shape index (κ1) is 25.1. The molecule has 0 radical (unpaired) electrons. The highest BCUT2D eigenvalue weighted by molar-refractivity contribution is 9.11. The SMILES string of the molecule is CC(C)(C)c1ccc(N2c3ccccc3N(c3ccc(C(C)(C)C)cc3Br)c3ccccc32)c(Br)c1. The molecule has 4 heteroatoms. The van der Waals surface area contributed by atoms with Crippen LogP contribution in [0.25, 0.3) is 0 Å². The molecule has 1 aliphatic heterocycles. The number of fused-ring (bicyclic) bond motifs is 2. The number of hydrogen-bond donors (Lipinski definition) is 0. The van der Waals surface area contributed by atoms with Crippen LogP contribution in [0.4, 0.5) is 34.1 Å². The molecule has 0 unspecified atom stereocenters. The fraction of sp³-hybridized carbons (Fsp3) is 0.250. The maximum Gasteiger partial charge on any atom is 0.0703 e. The third-order valence-corrected chi connectivity index (χ3v) is 8.11. The Bertz CT molecular complexity index is 1290. The van der Waals surface area contributed by atoms with E-state index in [0.717, 1.165) is 43.1 Å². The van der Waals surface area contributed by atoms with Gasteiger partial charge in [0.1, 0.15) is 0 Å². The van der Waals surface area contributed by atoms with Crippen LogP contribution in [0.15, 0.2) is 93.9 Å². The van der Waals surface area contributed by atoms with E-state index < -0.39 is 0 Å². The summed E-state index contributed by atoms with van der Waals surface area (Å²) in [7, 11) is 0. The zero-order valence-electron chi connectivity index (χ0n) is 21.7. The molecule has 0 bridgehead atoms. The second-order valence-electron chi connectivity index (χ2n) is 11.5. The summed E-state index contributed by atoms with van der Waals surface area (Å²) in [5, 5.41) is 0. The largest absolute Gasteiger partial charge is 0.305 e. The normalized spacial score (nSPS) is 13.4. The molecule has 184 valence electrons. The number of anilines is 6. The zero-order valence-corrected chi connectivity index (χ0v) is 24.9. The number of hydrogen-bond acceptors (Lipinski definition) is 2. The number of benzene rings is 4. The maximum atomic E-state index is 3.91. The highest BCUT2D eigenvalue weighted by atomic mass is 79.9. The van der Waals surface area contributed by atoms with E-state index in [1.807, 2.05) is 0 Å². The minimum absolute atomic E-state index is 0.0844. The van der Waals surface area contributed by atoms with Crippen LogP contribution in [-0.2, 0) is 10.8 Å². The molecule has 4 aromatic carbocycles. The molecule has 0 aromatic heterocycles. The van der Waals surface area contributed by atoms with Crippen LogP contribution < -0.4 is 9.80 Å². The van der Waals surface area contributed by atoms with Crippen LogP contribution >= 0.6 is 31.9 Å². The standard InChI is InChI=1S/C32H32Br2N2/c1-31(2,3)21-15-17-25(23(33)19-21)35-27-11-7-9-13-29(27)36(30-14-10-8-12-28(30)35)26-18-16-22(20-24(26)34)32(4,5)6/h7-20H,1-6H3. The molecular weight excluding hydrogens is 572 g/mol. The van der Waals surface area contributed by atoms with Crippen LogP contribution in [0.2, 0.25) is 0 Å². The zero-order chi connectivity index (χ0) is 25.8. The van der Waals surface area contributed by atoms with Crippen molar-refractivity contribution < 1.29 is 0 Å². The van der Waals surface area contributed by atoms with Gasteiger partial charge in [0.2, 0.25) is 0 Å². The first-order chi connectivity index (χ1) is 17.0. The molecule has 2 nitrogen and oxygen atoms in total. The fourth-order valence-electron chi connectivity index (χ4n) is 4.77. The summed E-state index contributed by atoms with van der Waals surface area (Å²) in [4.78, 5) is 4.74. The van der Waals surface area contributed by atoms with Crippen molar-refractivity contribution in [2.45, 2.75) is 52.4 Å². The molecule has 0 N–H and O–H groups in total. The van der Waals surface area contributed by atoms with Crippen molar-refractivity contribution in [2.24, 2.45) is 0 Å². The van der Waals surface area contributed by atoms with E-state index in [4.69, 9.17) is 0 Å². The molecule has 0 spiro atoms. The molecule has 1 heterocycles. The molecule has 0 atom stereocenters. The monoisotopic (exact) mass is 602 g/mol. The van der Waals surface area contributed by atoms with E-state index in [0.29, 0.717) is 0 Å². The average molecular weight is 604 g/mol. The smallest absolute Gasteiger partial charge is 0.0703 e. The van der Waals surface area contributed by atoms with Gasteiger partial charge in [-0.05, 0) is 102 Å². The van der Waals surface area contributed by atoms with Gasteiger partial charge in [-0.15, -0.1) is 0 Å². The highest BCUT2D eigenvalue weighted by Crippen LogP contribution is 2.56. The Kier molecular flexibility index (Phi) is 6.33. The maximum absolute atomic E-state index is 3.91. The quantitative estimate of drug-likeness (QED) is 0.198. The predicted molar refractivity (Wildman–Crippen MR) is 162 cm³/mol. The molecule has 0 saturated carbocycles. The summed E-state index contributed by atoms with van der Waals surface area (Å²) in [5.74, 6) is 0. The van der Waals surface area contributed by atoms with Crippen molar-refractivity contribution in [3.63, 3.8) is 0 Å². The molecule has 1 aliphatic rings. The van der Waals surface area contributed by atoms with Crippen molar-refractivity contribution >= 4 is 66.0 Å². The van der Waals surface area contributed by atoms with Gasteiger partial charge < -0.3 is 9.80 Å². The Morgan fingerprint density at radius 3 is 1.00 bits per heavy atom. The van der Waals surface area contributed by atoms with Crippen LogP contribution in [0, 0.1) is 0 Å². The van der Waals surface area contributed by atoms with Gasteiger partial charge in [0.15, 0.2) is 0 Å². The van der Waals surface area contributed by atoms with E-state index in [9.17, 15) is 0 Å². The van der Waals surface area contributed by atoms with Gasteiger partial charge in [0.05, 0.1) is 34.1 Å². The third-order valence-electron chi connectivity index (χ3n) is 6.84. The second-order valence-corrected chi connectivity index (χ2v) is 13.2. The van der Waals surface area contributed by atoms with Gasteiger partial charge in [-0.1, -0.05) is 77.9 Å². The van der Waals surface area contributed by atoms with Crippen LogP contribution in [-0.4, -0.2) is 0 Å².